The molecule has 2 rings (SSSR count). The summed E-state index contributed by atoms with van der Waals surface area (Å²) in [5.74, 6) is -0.622. The number of hydrogen-bond donors (Lipinski definition) is 0. The normalized spacial score (nSPS) is 11.4. The molecule has 0 spiro atoms. The molecule has 8 heteroatoms. The lowest BCUT2D eigenvalue weighted by Crippen LogP contribution is -2.08. The van der Waals surface area contributed by atoms with E-state index in [-0.39, 0.29) is 5.69 Å². The summed E-state index contributed by atoms with van der Waals surface area (Å²) >= 11 is 0. The van der Waals surface area contributed by atoms with Crippen LogP contribution in [0.5, 0.6) is 0 Å². The molecule has 0 atom stereocenters. The second-order valence-corrected chi connectivity index (χ2v) is 3.54. The average molecular weight is 271 g/mol. The summed E-state index contributed by atoms with van der Waals surface area (Å²) in [5.41, 5.74) is -0.623. The van der Waals surface area contributed by atoms with Gasteiger partial charge in [-0.3, -0.25) is 0 Å². The number of hydrogen-bond acceptors (Lipinski definition) is 4. The van der Waals surface area contributed by atoms with Crippen molar-refractivity contribution in [1.29, 1.82) is 0 Å². The third-order valence-electron chi connectivity index (χ3n) is 2.29. The first kappa shape index (κ1) is 13.1. The summed E-state index contributed by atoms with van der Waals surface area (Å²) in [5, 5.41) is 3.38. The lowest BCUT2D eigenvalue weighted by molar-refractivity contribution is -0.141. The highest BCUT2D eigenvalue weighted by Gasteiger charge is 2.33. The molecule has 0 N–H and O–H groups in total. The molecule has 0 aliphatic rings. The van der Waals surface area contributed by atoms with Crippen molar-refractivity contribution < 1.29 is 22.7 Å². The Kier molecular flexibility index (Phi) is 3.24. The molecule has 2 heterocycles. The van der Waals surface area contributed by atoms with Crippen LogP contribution in [0.25, 0.3) is 5.69 Å². The Morgan fingerprint density at radius 1 is 1.32 bits per heavy atom. The van der Waals surface area contributed by atoms with Crippen molar-refractivity contribution in [3.63, 3.8) is 0 Å². The number of esters is 1. The Bertz CT molecular complexity index is 590. The van der Waals surface area contributed by atoms with Crippen LogP contribution in [0.4, 0.5) is 13.2 Å². The van der Waals surface area contributed by atoms with Gasteiger partial charge in [-0.05, 0) is 18.2 Å². The largest absolute Gasteiger partial charge is 0.464 e. The van der Waals surface area contributed by atoms with Gasteiger partial charge >= 0.3 is 12.1 Å². The Morgan fingerprint density at radius 2 is 2.05 bits per heavy atom. The molecular formula is C11H8F3N3O2. The highest BCUT2D eigenvalue weighted by atomic mass is 19.4. The smallest absolute Gasteiger partial charge is 0.435 e. The van der Waals surface area contributed by atoms with Gasteiger partial charge in [-0.15, -0.1) is 0 Å². The maximum absolute atomic E-state index is 12.4. The molecule has 0 saturated carbocycles. The number of aromatic nitrogens is 3. The van der Waals surface area contributed by atoms with Gasteiger partial charge in [0.25, 0.3) is 0 Å². The van der Waals surface area contributed by atoms with Crippen molar-refractivity contribution in [1.82, 2.24) is 14.8 Å². The summed E-state index contributed by atoms with van der Waals surface area (Å²) in [7, 11) is 1.21. The van der Waals surface area contributed by atoms with E-state index in [0.717, 1.165) is 16.9 Å². The molecule has 100 valence electrons. The number of rotatable bonds is 2. The van der Waals surface area contributed by atoms with Crippen LogP contribution in [-0.2, 0) is 10.9 Å². The van der Waals surface area contributed by atoms with E-state index in [1.54, 1.807) is 0 Å². The predicted molar refractivity (Wildman–Crippen MR) is 57.7 cm³/mol. The third-order valence-corrected chi connectivity index (χ3v) is 2.29. The minimum absolute atomic E-state index is 0.0643. The molecule has 0 bridgehead atoms. The van der Waals surface area contributed by atoms with Gasteiger partial charge in [0.05, 0.1) is 19.0 Å². The van der Waals surface area contributed by atoms with E-state index in [9.17, 15) is 18.0 Å². The maximum atomic E-state index is 12.4. The molecule has 2 aromatic rings. The highest BCUT2D eigenvalue weighted by molar-refractivity contribution is 5.87. The Hall–Kier alpha value is -2.38. The van der Waals surface area contributed by atoms with Crippen LogP contribution in [0, 0.1) is 0 Å². The van der Waals surface area contributed by atoms with Gasteiger partial charge in [-0.2, -0.15) is 18.3 Å². The molecule has 0 aromatic carbocycles. The second kappa shape index (κ2) is 4.71. The number of pyridine rings is 1. The van der Waals surface area contributed by atoms with Gasteiger partial charge < -0.3 is 4.74 Å². The Labute approximate surface area is 105 Å². The van der Waals surface area contributed by atoms with Gasteiger partial charge in [-0.25, -0.2) is 14.5 Å². The zero-order valence-corrected chi connectivity index (χ0v) is 9.68. The first-order valence-electron chi connectivity index (χ1n) is 5.09. The maximum Gasteiger partial charge on any atom is 0.435 e. The number of methoxy groups -OCH3 is 1. The molecule has 19 heavy (non-hydrogen) atoms. The summed E-state index contributed by atoms with van der Waals surface area (Å²) in [4.78, 5) is 14.9. The molecule has 0 fully saturated rings. The topological polar surface area (TPSA) is 57.0 Å². The Balaban J connectivity index is 2.28. The second-order valence-electron chi connectivity index (χ2n) is 3.54. The number of halogens is 3. The minimum atomic E-state index is -4.50. The van der Waals surface area contributed by atoms with Gasteiger partial charge in [-0.1, -0.05) is 0 Å². The van der Waals surface area contributed by atoms with E-state index in [0.29, 0.717) is 5.69 Å². The predicted octanol–water partition coefficient (Wildman–Crippen LogP) is 2.07. The first-order chi connectivity index (χ1) is 8.91. The number of alkyl halides is 3. The SMILES string of the molecule is COC(=O)c1ccc(-n2ccc(C(F)(F)F)n2)cn1. The molecule has 0 amide bonds. The fourth-order valence-electron chi connectivity index (χ4n) is 1.37. The quantitative estimate of drug-likeness (QED) is 0.785. The lowest BCUT2D eigenvalue weighted by Gasteiger charge is -2.03. The molecule has 0 aliphatic carbocycles. The van der Waals surface area contributed by atoms with Crippen LogP contribution in [0.1, 0.15) is 16.2 Å². The highest BCUT2D eigenvalue weighted by Crippen LogP contribution is 2.27. The van der Waals surface area contributed by atoms with E-state index in [1.807, 2.05) is 0 Å². The molecular weight excluding hydrogens is 263 g/mol. The zero-order chi connectivity index (χ0) is 14.0. The summed E-state index contributed by atoms with van der Waals surface area (Å²) in [6.07, 6.45) is -2.10. The van der Waals surface area contributed by atoms with Crippen LogP contribution in [0.15, 0.2) is 30.6 Å². The van der Waals surface area contributed by atoms with Crippen LogP contribution in [0.2, 0.25) is 0 Å². The molecule has 0 radical (unpaired) electrons. The van der Waals surface area contributed by atoms with Crippen LogP contribution >= 0.6 is 0 Å². The van der Waals surface area contributed by atoms with Gasteiger partial charge in [0.1, 0.15) is 5.69 Å². The number of carbonyl (C=O) groups is 1. The lowest BCUT2D eigenvalue weighted by atomic mass is 10.3. The van der Waals surface area contributed by atoms with E-state index in [1.165, 1.54) is 25.4 Å². The fraction of sp³-hybridized carbons (Fsp3) is 0.182. The first-order valence-corrected chi connectivity index (χ1v) is 5.09. The molecule has 0 unspecified atom stereocenters. The van der Waals surface area contributed by atoms with Gasteiger partial charge in [0, 0.05) is 6.20 Å². The fourth-order valence-corrected chi connectivity index (χ4v) is 1.37. The number of carbonyl (C=O) groups excluding carboxylic acids is 1. The van der Waals surface area contributed by atoms with Crippen molar-refractivity contribution in [2.75, 3.05) is 7.11 Å². The van der Waals surface area contributed by atoms with Gasteiger partial charge in [0.2, 0.25) is 0 Å². The van der Waals surface area contributed by atoms with Crippen LogP contribution < -0.4 is 0 Å². The number of ether oxygens (including phenoxy) is 1. The summed E-state index contributed by atoms with van der Waals surface area (Å²) in [6.45, 7) is 0. The van der Waals surface area contributed by atoms with E-state index in [2.05, 4.69) is 14.8 Å². The monoisotopic (exact) mass is 271 g/mol. The average Bonchev–Trinajstić information content (AvgIpc) is 2.87. The molecule has 0 aliphatic heterocycles. The van der Waals surface area contributed by atoms with Crippen molar-refractivity contribution in [3.8, 4) is 5.69 Å². The van der Waals surface area contributed by atoms with Crippen molar-refractivity contribution in [3.05, 3.63) is 42.0 Å². The van der Waals surface area contributed by atoms with Crippen LogP contribution in [0.3, 0.4) is 0 Å². The van der Waals surface area contributed by atoms with Crippen LogP contribution in [-0.4, -0.2) is 27.8 Å². The molecule has 2 aromatic heterocycles. The van der Waals surface area contributed by atoms with Gasteiger partial charge in [0.15, 0.2) is 5.69 Å². The van der Waals surface area contributed by atoms with Crippen molar-refractivity contribution in [2.24, 2.45) is 0 Å². The molecule has 5 nitrogen and oxygen atoms in total. The standard InChI is InChI=1S/C11H8F3N3O2/c1-19-10(18)8-3-2-7(6-15-8)17-5-4-9(16-17)11(12,13)14/h2-6H,1H3. The Morgan fingerprint density at radius 3 is 2.53 bits per heavy atom. The number of nitrogens with zero attached hydrogens (tertiary/aromatic N) is 3. The van der Waals surface area contributed by atoms with E-state index >= 15 is 0 Å². The third kappa shape index (κ3) is 2.72. The summed E-state index contributed by atoms with van der Waals surface area (Å²) in [6, 6.07) is 3.62. The zero-order valence-electron chi connectivity index (χ0n) is 9.68. The van der Waals surface area contributed by atoms with Crippen molar-refractivity contribution in [2.45, 2.75) is 6.18 Å². The van der Waals surface area contributed by atoms with E-state index in [4.69, 9.17) is 0 Å². The minimum Gasteiger partial charge on any atom is -0.464 e. The van der Waals surface area contributed by atoms with Crippen molar-refractivity contribution >= 4 is 5.97 Å². The van der Waals surface area contributed by atoms with E-state index < -0.39 is 17.8 Å². The molecule has 0 saturated heterocycles. The summed E-state index contributed by atoms with van der Waals surface area (Å²) < 4.78 is 42.6.